The molecular formula is C12H18F2N2S. The third-order valence-corrected chi connectivity index (χ3v) is 3.59. The average molecular weight is 260 g/mol. The van der Waals surface area contributed by atoms with Crippen molar-refractivity contribution in [2.75, 3.05) is 5.75 Å². The van der Waals surface area contributed by atoms with Crippen LogP contribution in [0.3, 0.4) is 0 Å². The summed E-state index contributed by atoms with van der Waals surface area (Å²) in [7, 11) is 0. The van der Waals surface area contributed by atoms with Crippen LogP contribution in [-0.4, -0.2) is 17.0 Å². The highest BCUT2D eigenvalue weighted by Crippen LogP contribution is 2.15. The van der Waals surface area contributed by atoms with E-state index in [0.717, 1.165) is 17.4 Å². The van der Waals surface area contributed by atoms with Crippen molar-refractivity contribution in [1.82, 2.24) is 5.43 Å². The molecule has 0 aliphatic carbocycles. The van der Waals surface area contributed by atoms with Gasteiger partial charge in [-0.05, 0) is 29.4 Å². The second kappa shape index (κ2) is 6.93. The fraction of sp³-hybridized carbons (Fsp3) is 0.500. The summed E-state index contributed by atoms with van der Waals surface area (Å²) in [6.45, 7) is 4.21. The van der Waals surface area contributed by atoms with Gasteiger partial charge in [-0.15, -0.1) is 0 Å². The van der Waals surface area contributed by atoms with Gasteiger partial charge in [-0.1, -0.05) is 19.9 Å². The predicted molar refractivity (Wildman–Crippen MR) is 68.8 cm³/mol. The monoisotopic (exact) mass is 260 g/mol. The summed E-state index contributed by atoms with van der Waals surface area (Å²) in [4.78, 5) is 0. The molecule has 0 saturated carbocycles. The number of hydrogen-bond donors (Lipinski definition) is 2. The molecule has 0 bridgehead atoms. The molecule has 3 N–H and O–H groups in total. The largest absolute Gasteiger partial charge is 0.271 e. The molecule has 0 spiro atoms. The van der Waals surface area contributed by atoms with Gasteiger partial charge in [0.15, 0.2) is 11.6 Å². The molecule has 0 saturated heterocycles. The topological polar surface area (TPSA) is 38.0 Å². The highest BCUT2D eigenvalue weighted by Gasteiger charge is 2.10. The minimum Gasteiger partial charge on any atom is -0.271 e. The van der Waals surface area contributed by atoms with Gasteiger partial charge in [-0.2, -0.15) is 11.8 Å². The SMILES string of the molecule is CC(C)SCC(Cc1ccc(F)c(F)c1)NN. The Morgan fingerprint density at radius 1 is 1.29 bits per heavy atom. The number of benzene rings is 1. The molecule has 0 aliphatic rings. The van der Waals surface area contributed by atoms with E-state index in [1.807, 2.05) is 0 Å². The molecule has 0 amide bonds. The second-order valence-corrected chi connectivity index (χ2v) is 5.81. The van der Waals surface area contributed by atoms with E-state index in [1.165, 1.54) is 6.07 Å². The van der Waals surface area contributed by atoms with Crippen molar-refractivity contribution >= 4 is 11.8 Å². The van der Waals surface area contributed by atoms with Gasteiger partial charge in [0, 0.05) is 11.8 Å². The average Bonchev–Trinajstić information content (AvgIpc) is 2.28. The summed E-state index contributed by atoms with van der Waals surface area (Å²) in [5.41, 5.74) is 3.45. The summed E-state index contributed by atoms with van der Waals surface area (Å²) >= 11 is 1.78. The minimum absolute atomic E-state index is 0.0623. The van der Waals surface area contributed by atoms with Crippen LogP contribution in [-0.2, 0) is 6.42 Å². The molecule has 0 aliphatic heterocycles. The highest BCUT2D eigenvalue weighted by molar-refractivity contribution is 7.99. The van der Waals surface area contributed by atoms with Gasteiger partial charge in [0.2, 0.25) is 0 Å². The molecule has 17 heavy (non-hydrogen) atoms. The van der Waals surface area contributed by atoms with Gasteiger partial charge < -0.3 is 0 Å². The number of nitrogens with two attached hydrogens (primary N) is 1. The van der Waals surface area contributed by atoms with Gasteiger partial charge in [0.05, 0.1) is 0 Å². The lowest BCUT2D eigenvalue weighted by atomic mass is 10.1. The van der Waals surface area contributed by atoms with Crippen LogP contribution in [0.25, 0.3) is 0 Å². The summed E-state index contributed by atoms with van der Waals surface area (Å²) in [6.07, 6.45) is 0.591. The highest BCUT2D eigenvalue weighted by atomic mass is 32.2. The number of halogens is 2. The maximum Gasteiger partial charge on any atom is 0.159 e. The summed E-state index contributed by atoms with van der Waals surface area (Å²) < 4.78 is 25.8. The van der Waals surface area contributed by atoms with Crippen molar-refractivity contribution < 1.29 is 8.78 Å². The number of rotatable bonds is 6. The number of hydrazine groups is 1. The lowest BCUT2D eigenvalue weighted by Crippen LogP contribution is -2.39. The van der Waals surface area contributed by atoms with Gasteiger partial charge >= 0.3 is 0 Å². The first-order chi connectivity index (χ1) is 8.02. The molecule has 0 radical (unpaired) electrons. The lowest BCUT2D eigenvalue weighted by molar-refractivity contribution is 0.504. The number of nitrogens with one attached hydrogen (secondary N) is 1. The van der Waals surface area contributed by atoms with Crippen LogP contribution in [0.5, 0.6) is 0 Å². The Morgan fingerprint density at radius 3 is 2.53 bits per heavy atom. The van der Waals surface area contributed by atoms with Crippen molar-refractivity contribution in [3.05, 3.63) is 35.4 Å². The Balaban J connectivity index is 2.57. The van der Waals surface area contributed by atoms with Crippen LogP contribution in [0.4, 0.5) is 8.78 Å². The molecule has 1 atom stereocenters. The molecular weight excluding hydrogens is 242 g/mol. The van der Waals surface area contributed by atoms with Crippen LogP contribution in [0.1, 0.15) is 19.4 Å². The van der Waals surface area contributed by atoms with Crippen LogP contribution in [0.15, 0.2) is 18.2 Å². The van der Waals surface area contributed by atoms with Crippen molar-refractivity contribution in [3.63, 3.8) is 0 Å². The van der Waals surface area contributed by atoms with Gasteiger partial charge in [0.1, 0.15) is 0 Å². The predicted octanol–water partition coefficient (Wildman–Crippen LogP) is 2.48. The molecule has 0 aromatic heterocycles. The zero-order chi connectivity index (χ0) is 12.8. The Morgan fingerprint density at radius 2 is 2.00 bits per heavy atom. The van der Waals surface area contributed by atoms with E-state index in [0.29, 0.717) is 11.7 Å². The minimum atomic E-state index is -0.817. The summed E-state index contributed by atoms with van der Waals surface area (Å²) in [5, 5.41) is 0.524. The molecule has 96 valence electrons. The van der Waals surface area contributed by atoms with E-state index in [-0.39, 0.29) is 6.04 Å². The first-order valence-corrected chi connectivity index (χ1v) is 6.59. The van der Waals surface area contributed by atoms with E-state index < -0.39 is 11.6 Å². The molecule has 1 aromatic rings. The first-order valence-electron chi connectivity index (χ1n) is 5.54. The van der Waals surface area contributed by atoms with Gasteiger partial charge in [-0.3, -0.25) is 11.3 Å². The van der Waals surface area contributed by atoms with E-state index in [9.17, 15) is 8.78 Å². The quantitative estimate of drug-likeness (QED) is 0.609. The zero-order valence-corrected chi connectivity index (χ0v) is 10.9. The van der Waals surface area contributed by atoms with Crippen molar-refractivity contribution in [3.8, 4) is 0 Å². The summed E-state index contributed by atoms with van der Waals surface area (Å²) in [5.74, 6) is 4.66. The fourth-order valence-electron chi connectivity index (χ4n) is 1.43. The molecule has 1 aromatic carbocycles. The Kier molecular flexibility index (Phi) is 5.88. The maximum atomic E-state index is 13.0. The van der Waals surface area contributed by atoms with E-state index in [2.05, 4.69) is 19.3 Å². The zero-order valence-electron chi connectivity index (χ0n) is 10.0. The third kappa shape index (κ3) is 5.02. The Bertz CT molecular complexity index is 358. The van der Waals surface area contributed by atoms with Crippen LogP contribution in [0, 0.1) is 11.6 Å². The first kappa shape index (κ1) is 14.4. The van der Waals surface area contributed by atoms with Crippen LogP contribution < -0.4 is 11.3 Å². The molecule has 0 fully saturated rings. The molecule has 1 rings (SSSR count). The Hall–Kier alpha value is -0.650. The van der Waals surface area contributed by atoms with Gasteiger partial charge in [-0.25, -0.2) is 8.78 Å². The molecule has 0 heterocycles. The van der Waals surface area contributed by atoms with Crippen molar-refractivity contribution in [2.24, 2.45) is 5.84 Å². The standard InChI is InChI=1S/C12H18F2N2S/c1-8(2)17-7-10(16-15)5-9-3-4-11(13)12(14)6-9/h3-4,6,8,10,16H,5,7,15H2,1-2H3. The normalized spacial score (nSPS) is 13.1. The fourth-order valence-corrected chi connectivity index (χ4v) is 2.26. The van der Waals surface area contributed by atoms with E-state index in [4.69, 9.17) is 5.84 Å². The smallest absolute Gasteiger partial charge is 0.159 e. The van der Waals surface area contributed by atoms with Crippen LogP contribution in [0.2, 0.25) is 0 Å². The number of thioether (sulfide) groups is 1. The Labute approximate surface area is 105 Å². The maximum absolute atomic E-state index is 13.0. The lowest BCUT2D eigenvalue weighted by Gasteiger charge is -2.16. The van der Waals surface area contributed by atoms with Crippen molar-refractivity contribution in [2.45, 2.75) is 31.6 Å². The summed E-state index contributed by atoms with van der Waals surface area (Å²) in [6, 6.07) is 4.02. The van der Waals surface area contributed by atoms with Crippen molar-refractivity contribution in [1.29, 1.82) is 0 Å². The molecule has 1 unspecified atom stereocenters. The van der Waals surface area contributed by atoms with Crippen LogP contribution >= 0.6 is 11.8 Å². The third-order valence-electron chi connectivity index (χ3n) is 2.33. The number of hydrogen-bond acceptors (Lipinski definition) is 3. The van der Waals surface area contributed by atoms with Gasteiger partial charge in [0.25, 0.3) is 0 Å². The molecule has 5 heteroatoms. The molecule has 2 nitrogen and oxygen atoms in total. The second-order valence-electron chi connectivity index (χ2n) is 4.20. The van der Waals surface area contributed by atoms with E-state index in [1.54, 1.807) is 17.8 Å². The van der Waals surface area contributed by atoms with E-state index >= 15 is 0 Å².